The summed E-state index contributed by atoms with van der Waals surface area (Å²) in [6, 6.07) is 9.15. The number of benzene rings is 1. The molecule has 0 N–H and O–H groups in total. The molecule has 0 bridgehead atoms. The third-order valence-electron chi connectivity index (χ3n) is 2.43. The van der Waals surface area contributed by atoms with Gasteiger partial charge in [-0.25, -0.2) is 4.98 Å². The first-order valence-electron chi connectivity index (χ1n) is 5.25. The van der Waals surface area contributed by atoms with E-state index in [2.05, 4.69) is 11.1 Å². The van der Waals surface area contributed by atoms with Gasteiger partial charge in [0.05, 0.1) is 11.3 Å². The molecule has 2 rings (SSSR count). The van der Waals surface area contributed by atoms with Gasteiger partial charge < -0.3 is 9.15 Å². The lowest BCUT2D eigenvalue weighted by atomic mass is 10.2. The Bertz CT molecular complexity index is 548. The van der Waals surface area contributed by atoms with Crippen LogP contribution in [0.5, 0.6) is 5.75 Å². The zero-order valence-corrected chi connectivity index (χ0v) is 9.73. The van der Waals surface area contributed by atoms with Crippen LogP contribution in [-0.4, -0.2) is 4.98 Å². The third-order valence-corrected chi connectivity index (χ3v) is 2.43. The monoisotopic (exact) mass is 228 g/mol. The minimum atomic E-state index is 0.230. The van der Waals surface area contributed by atoms with Crippen molar-refractivity contribution in [2.24, 2.45) is 0 Å². The lowest BCUT2D eigenvalue weighted by molar-refractivity contribution is 0.260. The van der Waals surface area contributed by atoms with Crippen LogP contribution in [0.2, 0.25) is 0 Å². The standard InChI is InChI=1S/C13H12N2O2/c1-9-10(2)17-13(15-9)8-16-12-6-4-3-5-11(12)7-14/h3-6H,8H2,1-2H3. The topological polar surface area (TPSA) is 59.0 Å². The Balaban J connectivity index is 2.10. The smallest absolute Gasteiger partial charge is 0.232 e. The van der Waals surface area contributed by atoms with Gasteiger partial charge in [-0.1, -0.05) is 12.1 Å². The molecule has 0 spiro atoms. The maximum Gasteiger partial charge on any atom is 0.232 e. The molecular weight excluding hydrogens is 216 g/mol. The molecule has 4 nitrogen and oxygen atoms in total. The highest BCUT2D eigenvalue weighted by atomic mass is 16.5. The van der Waals surface area contributed by atoms with Crippen LogP contribution in [0.1, 0.15) is 22.9 Å². The zero-order chi connectivity index (χ0) is 12.3. The summed E-state index contributed by atoms with van der Waals surface area (Å²) in [6.45, 7) is 3.97. The van der Waals surface area contributed by atoms with Crippen LogP contribution < -0.4 is 4.74 Å². The summed E-state index contributed by atoms with van der Waals surface area (Å²) in [5.74, 6) is 1.86. The quantitative estimate of drug-likeness (QED) is 0.810. The minimum absolute atomic E-state index is 0.230. The molecule has 0 aliphatic heterocycles. The fraction of sp³-hybridized carbons (Fsp3) is 0.231. The second-order valence-electron chi connectivity index (χ2n) is 3.65. The lowest BCUT2D eigenvalue weighted by Gasteiger charge is -2.04. The first kappa shape index (κ1) is 11.2. The van der Waals surface area contributed by atoms with Crippen LogP contribution >= 0.6 is 0 Å². The first-order chi connectivity index (χ1) is 8.20. The van der Waals surface area contributed by atoms with Crippen LogP contribution in [0.25, 0.3) is 0 Å². The summed E-state index contributed by atoms with van der Waals surface area (Å²) in [7, 11) is 0. The average molecular weight is 228 g/mol. The summed E-state index contributed by atoms with van der Waals surface area (Å²) >= 11 is 0. The maximum absolute atomic E-state index is 8.89. The van der Waals surface area contributed by atoms with Gasteiger partial charge in [0.1, 0.15) is 17.6 Å². The van der Waals surface area contributed by atoms with E-state index in [1.165, 1.54) is 0 Å². The minimum Gasteiger partial charge on any atom is -0.482 e. The van der Waals surface area contributed by atoms with Crippen molar-refractivity contribution in [1.82, 2.24) is 4.98 Å². The summed E-state index contributed by atoms with van der Waals surface area (Å²) in [6.07, 6.45) is 0. The predicted molar refractivity (Wildman–Crippen MR) is 61.5 cm³/mol. The number of rotatable bonds is 3. The molecule has 1 aromatic heterocycles. The molecule has 86 valence electrons. The number of nitrogens with zero attached hydrogens (tertiary/aromatic N) is 2. The van der Waals surface area contributed by atoms with E-state index in [0.29, 0.717) is 17.2 Å². The Morgan fingerprint density at radius 1 is 1.35 bits per heavy atom. The van der Waals surface area contributed by atoms with Crippen molar-refractivity contribution in [3.8, 4) is 11.8 Å². The largest absolute Gasteiger partial charge is 0.482 e. The summed E-state index contributed by atoms with van der Waals surface area (Å²) in [5.41, 5.74) is 1.37. The van der Waals surface area contributed by atoms with Crippen molar-refractivity contribution in [3.05, 3.63) is 47.2 Å². The molecule has 0 fully saturated rings. The van der Waals surface area contributed by atoms with Crippen molar-refractivity contribution in [3.63, 3.8) is 0 Å². The molecule has 1 aromatic carbocycles. The van der Waals surface area contributed by atoms with E-state index in [1.807, 2.05) is 19.9 Å². The maximum atomic E-state index is 8.89. The molecule has 0 saturated carbocycles. The van der Waals surface area contributed by atoms with Crippen molar-refractivity contribution >= 4 is 0 Å². The SMILES string of the molecule is Cc1nc(COc2ccccc2C#N)oc1C. The normalized spacial score (nSPS) is 9.94. The van der Waals surface area contributed by atoms with Crippen LogP contribution in [-0.2, 0) is 6.61 Å². The van der Waals surface area contributed by atoms with Crippen molar-refractivity contribution in [1.29, 1.82) is 5.26 Å². The van der Waals surface area contributed by atoms with Crippen LogP contribution in [0.4, 0.5) is 0 Å². The fourth-order valence-electron chi connectivity index (χ4n) is 1.43. The van der Waals surface area contributed by atoms with Gasteiger partial charge in [-0.2, -0.15) is 5.26 Å². The van der Waals surface area contributed by atoms with E-state index in [1.54, 1.807) is 18.2 Å². The van der Waals surface area contributed by atoms with Gasteiger partial charge in [-0.3, -0.25) is 0 Å². The van der Waals surface area contributed by atoms with E-state index in [9.17, 15) is 0 Å². The molecule has 0 amide bonds. The number of oxazole rings is 1. The molecule has 0 aliphatic carbocycles. The molecule has 0 atom stereocenters. The molecular formula is C13H12N2O2. The van der Waals surface area contributed by atoms with Gasteiger partial charge in [0, 0.05) is 0 Å². The Kier molecular flexibility index (Phi) is 3.10. The average Bonchev–Trinajstić information content (AvgIpc) is 2.66. The molecule has 2 aromatic rings. The Labute approximate surface area is 99.5 Å². The molecule has 17 heavy (non-hydrogen) atoms. The number of para-hydroxylation sites is 1. The summed E-state index contributed by atoms with van der Waals surface area (Å²) in [4.78, 5) is 4.21. The fourth-order valence-corrected chi connectivity index (χ4v) is 1.43. The van der Waals surface area contributed by atoms with E-state index in [-0.39, 0.29) is 6.61 Å². The van der Waals surface area contributed by atoms with Gasteiger partial charge >= 0.3 is 0 Å². The van der Waals surface area contributed by atoms with Gasteiger partial charge in [-0.15, -0.1) is 0 Å². The second-order valence-corrected chi connectivity index (χ2v) is 3.65. The van der Waals surface area contributed by atoms with Crippen LogP contribution in [0.15, 0.2) is 28.7 Å². The Hall–Kier alpha value is -2.28. The van der Waals surface area contributed by atoms with Crippen LogP contribution in [0, 0.1) is 25.2 Å². The predicted octanol–water partition coefficient (Wildman–Crippen LogP) is 2.74. The highest BCUT2D eigenvalue weighted by Crippen LogP contribution is 2.18. The number of hydrogen-bond donors (Lipinski definition) is 0. The summed E-state index contributed by atoms with van der Waals surface area (Å²) < 4.78 is 10.9. The van der Waals surface area contributed by atoms with E-state index >= 15 is 0 Å². The number of hydrogen-bond acceptors (Lipinski definition) is 4. The number of ether oxygens (including phenoxy) is 1. The molecule has 1 heterocycles. The van der Waals surface area contributed by atoms with Gasteiger partial charge in [0.2, 0.25) is 5.89 Å². The Morgan fingerprint density at radius 2 is 2.12 bits per heavy atom. The van der Waals surface area contributed by atoms with Gasteiger partial charge in [-0.05, 0) is 26.0 Å². The lowest BCUT2D eigenvalue weighted by Crippen LogP contribution is -1.97. The highest BCUT2D eigenvalue weighted by molar-refractivity contribution is 5.42. The van der Waals surface area contributed by atoms with Crippen LogP contribution in [0.3, 0.4) is 0 Å². The zero-order valence-electron chi connectivity index (χ0n) is 9.73. The van der Waals surface area contributed by atoms with Crippen molar-refractivity contribution < 1.29 is 9.15 Å². The van der Waals surface area contributed by atoms with Gasteiger partial charge in [0.25, 0.3) is 0 Å². The van der Waals surface area contributed by atoms with Gasteiger partial charge in [0.15, 0.2) is 6.61 Å². The third kappa shape index (κ3) is 2.45. The number of aryl methyl sites for hydroxylation is 2. The Morgan fingerprint density at radius 3 is 2.76 bits per heavy atom. The van der Waals surface area contributed by atoms with Crippen molar-refractivity contribution in [2.75, 3.05) is 0 Å². The highest BCUT2D eigenvalue weighted by Gasteiger charge is 2.07. The number of nitriles is 1. The molecule has 0 saturated heterocycles. The van der Waals surface area contributed by atoms with E-state index in [4.69, 9.17) is 14.4 Å². The summed E-state index contributed by atoms with van der Waals surface area (Å²) in [5, 5.41) is 8.89. The van der Waals surface area contributed by atoms with Crippen molar-refractivity contribution in [2.45, 2.75) is 20.5 Å². The molecule has 0 aliphatic rings. The molecule has 0 radical (unpaired) electrons. The molecule has 4 heteroatoms. The first-order valence-corrected chi connectivity index (χ1v) is 5.25. The van der Waals surface area contributed by atoms with E-state index < -0.39 is 0 Å². The number of aromatic nitrogens is 1. The molecule has 0 unspecified atom stereocenters. The second kappa shape index (κ2) is 4.71. The van der Waals surface area contributed by atoms with E-state index in [0.717, 1.165) is 11.5 Å².